The second kappa shape index (κ2) is 9.37. The first-order valence-electron chi connectivity index (χ1n) is 12.5. The molecule has 0 aliphatic carbocycles. The summed E-state index contributed by atoms with van der Waals surface area (Å²) in [5, 5.41) is 3.40. The highest BCUT2D eigenvalue weighted by Crippen LogP contribution is 2.40. The van der Waals surface area contributed by atoms with Gasteiger partial charge >= 0.3 is 12.2 Å². The average molecular weight is 503 g/mol. The third kappa shape index (κ3) is 5.63. The molecule has 36 heavy (non-hydrogen) atoms. The van der Waals surface area contributed by atoms with Gasteiger partial charge in [-0.15, -0.1) is 0 Å². The molecular weight excluding hydrogens is 464 g/mol. The van der Waals surface area contributed by atoms with Crippen LogP contribution in [0.5, 0.6) is 5.75 Å². The van der Waals surface area contributed by atoms with Crippen molar-refractivity contribution in [2.24, 2.45) is 0 Å². The van der Waals surface area contributed by atoms with Crippen molar-refractivity contribution < 1.29 is 28.6 Å². The highest BCUT2D eigenvalue weighted by atomic mass is 16.6. The molecule has 4 rings (SSSR count). The first-order chi connectivity index (χ1) is 16.7. The third-order valence-electron chi connectivity index (χ3n) is 6.28. The Morgan fingerprint density at radius 3 is 2.36 bits per heavy atom. The zero-order valence-corrected chi connectivity index (χ0v) is 22.3. The fourth-order valence-electron chi connectivity index (χ4n) is 4.68. The SMILES string of the molecule is CC1CNc2cc3c(cc2N1C(=O)OC(C)(C)C)OCC[C@@H]1CN(C(=O)OC(C)(C)C)CC(=O)N1C3. The summed E-state index contributed by atoms with van der Waals surface area (Å²) >= 11 is 0. The van der Waals surface area contributed by atoms with Crippen LogP contribution >= 0.6 is 0 Å². The normalized spacial score (nSPS) is 22.2. The van der Waals surface area contributed by atoms with E-state index in [-0.39, 0.29) is 24.5 Å². The third-order valence-corrected chi connectivity index (χ3v) is 6.28. The Bertz CT molecular complexity index is 1040. The van der Waals surface area contributed by atoms with Crippen LogP contribution in [0.3, 0.4) is 0 Å². The van der Waals surface area contributed by atoms with Crippen LogP contribution < -0.4 is 15.0 Å². The first-order valence-corrected chi connectivity index (χ1v) is 12.5. The summed E-state index contributed by atoms with van der Waals surface area (Å²) in [5.74, 6) is 0.513. The van der Waals surface area contributed by atoms with Crippen LogP contribution in [-0.2, 0) is 20.8 Å². The Morgan fingerprint density at radius 2 is 1.69 bits per heavy atom. The summed E-state index contributed by atoms with van der Waals surface area (Å²) < 4.78 is 17.3. The number of nitrogens with one attached hydrogen (secondary N) is 1. The largest absolute Gasteiger partial charge is 0.493 e. The molecule has 1 fully saturated rings. The van der Waals surface area contributed by atoms with E-state index in [1.54, 1.807) is 4.90 Å². The summed E-state index contributed by atoms with van der Waals surface area (Å²) in [4.78, 5) is 43.7. The predicted molar refractivity (Wildman–Crippen MR) is 135 cm³/mol. The van der Waals surface area contributed by atoms with Crippen LogP contribution in [0.25, 0.3) is 0 Å². The van der Waals surface area contributed by atoms with E-state index in [0.717, 1.165) is 11.3 Å². The summed E-state index contributed by atoms with van der Waals surface area (Å²) in [6.45, 7) is 14.6. The molecule has 2 atom stereocenters. The molecule has 0 saturated carbocycles. The van der Waals surface area contributed by atoms with Gasteiger partial charge in [-0.2, -0.15) is 0 Å². The number of benzene rings is 1. The summed E-state index contributed by atoms with van der Waals surface area (Å²) in [5.41, 5.74) is 1.09. The smallest absolute Gasteiger partial charge is 0.415 e. The van der Waals surface area contributed by atoms with E-state index in [1.165, 1.54) is 4.90 Å². The molecule has 3 heterocycles. The van der Waals surface area contributed by atoms with E-state index in [0.29, 0.717) is 44.1 Å². The quantitative estimate of drug-likeness (QED) is 0.573. The Kier molecular flexibility index (Phi) is 6.74. The van der Waals surface area contributed by atoms with Gasteiger partial charge in [-0.05, 0) is 54.5 Å². The van der Waals surface area contributed by atoms with Gasteiger partial charge in [-0.1, -0.05) is 0 Å². The number of hydrogen-bond acceptors (Lipinski definition) is 7. The lowest BCUT2D eigenvalue weighted by Crippen LogP contribution is -2.58. The highest BCUT2D eigenvalue weighted by molar-refractivity contribution is 5.95. The topological polar surface area (TPSA) is 101 Å². The van der Waals surface area contributed by atoms with E-state index >= 15 is 0 Å². The van der Waals surface area contributed by atoms with Crippen molar-refractivity contribution >= 4 is 29.5 Å². The van der Waals surface area contributed by atoms with Gasteiger partial charge in [0, 0.05) is 37.7 Å². The lowest BCUT2D eigenvalue weighted by Gasteiger charge is -2.43. The number of fused-ring (bicyclic) bond motifs is 3. The van der Waals surface area contributed by atoms with E-state index < -0.39 is 23.4 Å². The molecule has 10 heteroatoms. The van der Waals surface area contributed by atoms with Crippen molar-refractivity contribution in [2.75, 3.05) is 36.5 Å². The fourth-order valence-corrected chi connectivity index (χ4v) is 4.68. The van der Waals surface area contributed by atoms with Crippen LogP contribution in [-0.4, -0.2) is 77.4 Å². The molecule has 1 aromatic rings. The molecule has 1 N–H and O–H groups in total. The first kappa shape index (κ1) is 25.9. The van der Waals surface area contributed by atoms with Gasteiger partial charge in [-0.3, -0.25) is 14.6 Å². The highest BCUT2D eigenvalue weighted by Gasteiger charge is 2.39. The number of anilines is 2. The van der Waals surface area contributed by atoms with Crippen LogP contribution in [0.2, 0.25) is 0 Å². The molecule has 3 aliphatic rings. The van der Waals surface area contributed by atoms with Crippen molar-refractivity contribution in [3.8, 4) is 5.75 Å². The number of piperazine rings is 1. The zero-order chi connectivity index (χ0) is 26.4. The van der Waals surface area contributed by atoms with Gasteiger partial charge < -0.3 is 24.4 Å². The summed E-state index contributed by atoms with van der Waals surface area (Å²) in [6, 6.07) is 3.53. The minimum absolute atomic E-state index is 0.0191. The average Bonchev–Trinajstić information content (AvgIpc) is 2.71. The molecule has 1 aromatic carbocycles. The number of amides is 3. The van der Waals surface area contributed by atoms with Gasteiger partial charge in [0.15, 0.2) is 0 Å². The molecule has 1 unspecified atom stereocenters. The minimum atomic E-state index is -0.628. The van der Waals surface area contributed by atoms with E-state index in [1.807, 2.05) is 65.5 Å². The number of carbonyl (C=O) groups is 3. The van der Waals surface area contributed by atoms with Gasteiger partial charge in [0.1, 0.15) is 23.5 Å². The number of nitrogens with zero attached hydrogens (tertiary/aromatic N) is 3. The van der Waals surface area contributed by atoms with Crippen LogP contribution in [0.4, 0.5) is 21.0 Å². The van der Waals surface area contributed by atoms with Crippen LogP contribution in [0, 0.1) is 0 Å². The lowest BCUT2D eigenvalue weighted by atomic mass is 10.0. The van der Waals surface area contributed by atoms with Crippen molar-refractivity contribution in [1.29, 1.82) is 0 Å². The van der Waals surface area contributed by atoms with Crippen molar-refractivity contribution in [3.05, 3.63) is 17.7 Å². The summed E-state index contributed by atoms with van der Waals surface area (Å²) in [7, 11) is 0. The van der Waals surface area contributed by atoms with Crippen molar-refractivity contribution in [2.45, 2.75) is 84.7 Å². The molecule has 3 amide bonds. The van der Waals surface area contributed by atoms with Gasteiger partial charge in [-0.25, -0.2) is 9.59 Å². The molecule has 10 nitrogen and oxygen atoms in total. The van der Waals surface area contributed by atoms with Crippen LogP contribution in [0.15, 0.2) is 12.1 Å². The molecule has 0 radical (unpaired) electrons. The number of carbonyl (C=O) groups excluding carboxylic acids is 3. The zero-order valence-electron chi connectivity index (χ0n) is 22.3. The minimum Gasteiger partial charge on any atom is -0.493 e. The van der Waals surface area contributed by atoms with Crippen molar-refractivity contribution in [3.63, 3.8) is 0 Å². The molecule has 0 spiro atoms. The van der Waals surface area contributed by atoms with Gasteiger partial charge in [0.25, 0.3) is 0 Å². The Hall–Kier alpha value is -3.17. The standard InChI is InChI=1S/C26H38N4O6/c1-16-12-27-19-10-17-13-29-18(14-28(15-22(29)31)23(32)35-25(2,3)4)8-9-34-21(17)11-20(19)30(16)24(33)36-26(5,6)7/h10-11,16,18,27H,8-9,12-15H2,1-7H3/t16?,18-/m1/s1. The Labute approximate surface area is 212 Å². The van der Waals surface area contributed by atoms with Crippen LogP contribution in [0.1, 0.15) is 60.5 Å². The second-order valence-electron chi connectivity index (χ2n) is 11.7. The maximum atomic E-state index is 13.1. The summed E-state index contributed by atoms with van der Waals surface area (Å²) in [6.07, 6.45) is -0.308. The van der Waals surface area contributed by atoms with E-state index in [4.69, 9.17) is 14.2 Å². The Morgan fingerprint density at radius 1 is 1.03 bits per heavy atom. The fraction of sp³-hybridized carbons (Fsp3) is 0.654. The van der Waals surface area contributed by atoms with Gasteiger partial charge in [0.05, 0.1) is 30.1 Å². The second-order valence-corrected chi connectivity index (χ2v) is 11.7. The lowest BCUT2D eigenvalue weighted by molar-refractivity contribution is -0.141. The molecule has 3 aliphatic heterocycles. The number of ether oxygens (including phenoxy) is 3. The molecule has 0 bridgehead atoms. The number of rotatable bonds is 0. The predicted octanol–water partition coefficient (Wildman–Crippen LogP) is 3.97. The maximum Gasteiger partial charge on any atom is 0.415 e. The van der Waals surface area contributed by atoms with Crippen molar-refractivity contribution in [1.82, 2.24) is 9.80 Å². The van der Waals surface area contributed by atoms with E-state index in [2.05, 4.69) is 5.32 Å². The molecular formula is C26H38N4O6. The maximum absolute atomic E-state index is 13.1. The monoisotopic (exact) mass is 502 g/mol. The molecule has 0 aromatic heterocycles. The molecule has 198 valence electrons. The van der Waals surface area contributed by atoms with E-state index in [9.17, 15) is 14.4 Å². The van der Waals surface area contributed by atoms with Gasteiger partial charge in [0.2, 0.25) is 5.91 Å². The number of hydrogen-bond donors (Lipinski definition) is 1. The molecule has 1 saturated heterocycles. The Balaban J connectivity index is 1.58.